The molecule has 0 aromatic heterocycles. The monoisotopic (exact) mass is 587 g/mol. The first-order valence-electron chi connectivity index (χ1n) is 14.2. The molecule has 2 aliphatic rings. The molecule has 0 bridgehead atoms. The smallest absolute Gasteiger partial charge is 0.303 e. The number of allylic oxidation sites excluding steroid dienone is 9. The van der Waals surface area contributed by atoms with Crippen LogP contribution in [-0.2, 0) is 23.9 Å². The second-order valence-corrected chi connectivity index (χ2v) is 11.2. The summed E-state index contributed by atoms with van der Waals surface area (Å²) in [7, 11) is 1.41. The zero-order valence-electron chi connectivity index (χ0n) is 25.2. The molecule has 0 aromatic carbocycles. The number of likely N-dealkylation sites (tertiary alicyclic amines) is 1. The van der Waals surface area contributed by atoms with E-state index in [0.717, 1.165) is 10.5 Å². The Bertz CT molecular complexity index is 1130. The van der Waals surface area contributed by atoms with Crippen LogP contribution in [0.25, 0.3) is 0 Å². The molecule has 4 N–H and O–H groups in total. The van der Waals surface area contributed by atoms with Gasteiger partial charge in [0.15, 0.2) is 12.1 Å². The summed E-state index contributed by atoms with van der Waals surface area (Å²) in [6, 6.07) is -0.896. The molecule has 3 unspecified atom stereocenters. The van der Waals surface area contributed by atoms with Gasteiger partial charge < -0.3 is 34.8 Å². The molecule has 2 saturated heterocycles. The Morgan fingerprint density at radius 1 is 1.05 bits per heavy atom. The van der Waals surface area contributed by atoms with Gasteiger partial charge in [-0.3, -0.25) is 14.4 Å². The molecular weight excluding hydrogens is 542 g/mol. The predicted molar refractivity (Wildman–Crippen MR) is 158 cm³/mol. The highest BCUT2D eigenvalue weighted by molar-refractivity contribution is 6.27. The second kappa shape index (κ2) is 16.4. The van der Waals surface area contributed by atoms with Crippen molar-refractivity contribution in [2.75, 3.05) is 7.05 Å². The van der Waals surface area contributed by atoms with E-state index in [-0.39, 0.29) is 42.8 Å². The summed E-state index contributed by atoms with van der Waals surface area (Å²) in [5.41, 5.74) is 0.697. The van der Waals surface area contributed by atoms with Crippen LogP contribution >= 0.6 is 0 Å². The molecule has 42 heavy (non-hydrogen) atoms. The second-order valence-electron chi connectivity index (χ2n) is 11.2. The summed E-state index contributed by atoms with van der Waals surface area (Å²) in [5.74, 6) is -2.47. The van der Waals surface area contributed by atoms with Crippen molar-refractivity contribution in [3.63, 3.8) is 0 Å². The first-order chi connectivity index (χ1) is 19.7. The van der Waals surface area contributed by atoms with Gasteiger partial charge in [-0.1, -0.05) is 75.0 Å². The van der Waals surface area contributed by atoms with E-state index in [1.807, 2.05) is 25.2 Å². The number of carbonyl (C=O) groups is 3. The van der Waals surface area contributed by atoms with Crippen LogP contribution < -0.4 is 0 Å². The van der Waals surface area contributed by atoms with E-state index in [1.165, 1.54) is 19.2 Å². The number of nitrogens with zero attached hydrogens (tertiary/aromatic N) is 1. The molecular formula is C32H45NO9. The topological polar surface area (TPSA) is 154 Å². The SMILES string of the molecule is CC(C=CC=CC=CC=CC(O)=C1C(=O)C(CCC(=O)O)N(C)C1=O)=CC(C)C(O[C@H]1C[C@H](O)[C@H](O)[C@@H](C)O1)C(C)C. The Labute approximate surface area is 248 Å². The number of aliphatic carboxylic acids is 1. The molecule has 0 spiro atoms. The number of carboxylic acids is 1. The minimum absolute atomic E-state index is 0.0136. The van der Waals surface area contributed by atoms with Gasteiger partial charge in [-0.25, -0.2) is 0 Å². The zero-order chi connectivity index (χ0) is 31.6. The van der Waals surface area contributed by atoms with Crippen molar-refractivity contribution in [2.24, 2.45) is 11.8 Å². The van der Waals surface area contributed by atoms with Crippen molar-refractivity contribution < 1.29 is 44.3 Å². The van der Waals surface area contributed by atoms with Gasteiger partial charge in [0.1, 0.15) is 17.4 Å². The zero-order valence-corrected chi connectivity index (χ0v) is 25.2. The molecule has 7 atom stereocenters. The third-order valence-corrected chi connectivity index (χ3v) is 7.29. The minimum atomic E-state index is -1.06. The van der Waals surface area contributed by atoms with Gasteiger partial charge in [0, 0.05) is 25.8 Å². The van der Waals surface area contributed by atoms with Crippen molar-refractivity contribution >= 4 is 17.7 Å². The lowest BCUT2D eigenvalue weighted by Gasteiger charge is -2.38. The first kappa shape index (κ1) is 34.9. The summed E-state index contributed by atoms with van der Waals surface area (Å²) < 4.78 is 11.9. The molecule has 10 nitrogen and oxygen atoms in total. The fraction of sp³-hybridized carbons (Fsp3) is 0.531. The summed E-state index contributed by atoms with van der Waals surface area (Å²) >= 11 is 0. The van der Waals surface area contributed by atoms with E-state index < -0.39 is 54.1 Å². The van der Waals surface area contributed by atoms with Crippen LogP contribution in [0.5, 0.6) is 0 Å². The number of hydrogen-bond acceptors (Lipinski definition) is 8. The quantitative estimate of drug-likeness (QED) is 0.109. The molecule has 10 heteroatoms. The third-order valence-electron chi connectivity index (χ3n) is 7.29. The summed E-state index contributed by atoms with van der Waals surface area (Å²) in [6.45, 7) is 9.91. The van der Waals surface area contributed by atoms with Crippen LogP contribution in [0.15, 0.2) is 71.6 Å². The highest BCUT2D eigenvalue weighted by Crippen LogP contribution is 2.28. The average Bonchev–Trinajstić information content (AvgIpc) is 3.12. The standard InChI is InChI=1S/C32H45NO9/c1-19(2)31(42-27-18-25(35)29(38)22(5)41-27)21(4)17-20(3)13-11-9-7-8-10-12-14-24(34)28-30(39)23(15-16-26(36)37)33(6)32(28)40/h7-14,17,19,21-23,25,27,29,31,34-35,38H,15-16,18H2,1-6H3,(H,36,37)/t21?,22-,23?,25+,27+,29-,31?/m1/s1. The van der Waals surface area contributed by atoms with Crippen molar-refractivity contribution in [3.05, 3.63) is 71.6 Å². The molecule has 1 amide bonds. The number of aliphatic hydroxyl groups is 3. The first-order valence-corrected chi connectivity index (χ1v) is 14.2. The maximum absolute atomic E-state index is 12.5. The molecule has 0 aromatic rings. The highest BCUT2D eigenvalue weighted by atomic mass is 16.7. The van der Waals surface area contributed by atoms with Gasteiger partial charge >= 0.3 is 5.97 Å². The number of hydrogen-bond donors (Lipinski definition) is 4. The number of carbonyl (C=O) groups excluding carboxylic acids is 2. The Balaban J connectivity index is 1.92. The largest absolute Gasteiger partial charge is 0.507 e. The molecule has 0 aliphatic carbocycles. The van der Waals surface area contributed by atoms with Crippen LogP contribution in [0.2, 0.25) is 0 Å². The van der Waals surface area contributed by atoms with E-state index >= 15 is 0 Å². The van der Waals surface area contributed by atoms with Crippen LogP contribution in [-0.4, -0.2) is 86.8 Å². The Kier molecular flexibility index (Phi) is 13.6. The third kappa shape index (κ3) is 9.90. The van der Waals surface area contributed by atoms with E-state index in [0.29, 0.717) is 0 Å². The maximum Gasteiger partial charge on any atom is 0.303 e. The van der Waals surface area contributed by atoms with Gasteiger partial charge in [0.2, 0.25) is 0 Å². The normalized spacial score (nSPS) is 28.7. The fourth-order valence-electron chi connectivity index (χ4n) is 5.02. The van der Waals surface area contributed by atoms with Gasteiger partial charge in [0.25, 0.3) is 5.91 Å². The van der Waals surface area contributed by atoms with Crippen LogP contribution in [0, 0.1) is 11.8 Å². The number of likely N-dealkylation sites (N-methyl/N-ethyl adjacent to an activating group) is 1. The van der Waals surface area contributed by atoms with Crippen LogP contribution in [0.4, 0.5) is 0 Å². The van der Waals surface area contributed by atoms with E-state index in [4.69, 9.17) is 14.6 Å². The molecule has 2 fully saturated rings. The predicted octanol–water partition coefficient (Wildman–Crippen LogP) is 3.78. The van der Waals surface area contributed by atoms with Crippen molar-refractivity contribution in [1.82, 2.24) is 4.90 Å². The number of carboxylic acid groups (broad SMARTS) is 1. The number of amides is 1. The van der Waals surface area contributed by atoms with Gasteiger partial charge in [-0.05, 0) is 32.3 Å². The van der Waals surface area contributed by atoms with Crippen molar-refractivity contribution in [3.8, 4) is 0 Å². The number of ketones is 1. The van der Waals surface area contributed by atoms with Gasteiger partial charge in [0.05, 0.1) is 24.4 Å². The summed E-state index contributed by atoms with van der Waals surface area (Å²) in [4.78, 5) is 36.9. The van der Waals surface area contributed by atoms with Crippen molar-refractivity contribution in [1.29, 1.82) is 0 Å². The highest BCUT2D eigenvalue weighted by Gasteiger charge is 2.42. The molecule has 2 rings (SSSR count). The number of aliphatic hydroxyl groups excluding tert-OH is 3. The van der Waals surface area contributed by atoms with Crippen LogP contribution in [0.1, 0.15) is 53.9 Å². The van der Waals surface area contributed by atoms with Crippen molar-refractivity contribution in [2.45, 2.75) is 90.6 Å². The number of Topliss-reactive ketones (excluding diaryl/α,β-unsaturated/α-hetero) is 1. The fourth-order valence-corrected chi connectivity index (χ4v) is 5.02. The lowest BCUT2D eigenvalue weighted by atomic mass is 9.92. The molecule has 0 radical (unpaired) electrons. The van der Waals surface area contributed by atoms with Gasteiger partial charge in [-0.15, -0.1) is 0 Å². The summed E-state index contributed by atoms with van der Waals surface area (Å²) in [6.07, 6.45) is 12.6. The van der Waals surface area contributed by atoms with Gasteiger partial charge in [-0.2, -0.15) is 0 Å². The Morgan fingerprint density at radius 3 is 2.21 bits per heavy atom. The lowest BCUT2D eigenvalue weighted by molar-refractivity contribution is -0.267. The number of ether oxygens (including phenoxy) is 2. The van der Waals surface area contributed by atoms with E-state index in [9.17, 15) is 29.7 Å². The summed E-state index contributed by atoms with van der Waals surface area (Å²) in [5, 5.41) is 39.1. The Hall–Kier alpha value is -3.31. The van der Waals surface area contributed by atoms with E-state index in [2.05, 4.69) is 26.8 Å². The Morgan fingerprint density at radius 2 is 1.64 bits per heavy atom. The number of rotatable bonds is 13. The molecule has 0 saturated carbocycles. The maximum atomic E-state index is 12.5. The molecule has 2 aliphatic heterocycles. The average molecular weight is 588 g/mol. The van der Waals surface area contributed by atoms with Crippen LogP contribution in [0.3, 0.4) is 0 Å². The minimum Gasteiger partial charge on any atom is -0.507 e. The lowest BCUT2D eigenvalue weighted by Crippen LogP contribution is -2.49. The van der Waals surface area contributed by atoms with E-state index in [1.54, 1.807) is 25.2 Å². The molecule has 2 heterocycles. The molecule has 232 valence electrons.